The van der Waals surface area contributed by atoms with Crippen molar-refractivity contribution in [3.05, 3.63) is 0 Å². The lowest BCUT2D eigenvalue weighted by atomic mass is 9.63. The standard InChI is InChI=1S/C17H32N2O/c1-5-13-10-18-14(12-7-8-12)11-19(13)15-9-16(20-6-2)17(15,3)4/h12-16,18H,5-11H2,1-4H3. The van der Waals surface area contributed by atoms with Crippen LogP contribution in [-0.4, -0.2) is 48.8 Å². The lowest BCUT2D eigenvalue weighted by molar-refractivity contribution is -0.163. The molecule has 1 heterocycles. The van der Waals surface area contributed by atoms with E-state index in [2.05, 4.69) is 37.9 Å². The van der Waals surface area contributed by atoms with E-state index in [1.54, 1.807) is 0 Å². The van der Waals surface area contributed by atoms with Crippen LogP contribution in [0.2, 0.25) is 0 Å². The summed E-state index contributed by atoms with van der Waals surface area (Å²) in [6.07, 6.45) is 5.84. The predicted octanol–water partition coefficient (Wildman–Crippen LogP) is 2.65. The molecular formula is C17H32N2O. The molecule has 0 aromatic heterocycles. The van der Waals surface area contributed by atoms with Crippen LogP contribution in [0.1, 0.15) is 53.4 Å². The third kappa shape index (κ3) is 2.53. The van der Waals surface area contributed by atoms with Crippen LogP contribution < -0.4 is 5.32 Å². The van der Waals surface area contributed by atoms with E-state index >= 15 is 0 Å². The van der Waals surface area contributed by atoms with Gasteiger partial charge in [0.1, 0.15) is 0 Å². The molecule has 4 unspecified atom stereocenters. The van der Waals surface area contributed by atoms with Crippen molar-refractivity contribution in [3.8, 4) is 0 Å². The molecule has 3 heteroatoms. The number of ether oxygens (including phenoxy) is 1. The Morgan fingerprint density at radius 3 is 2.55 bits per heavy atom. The fourth-order valence-corrected chi connectivity index (χ4v) is 4.33. The van der Waals surface area contributed by atoms with E-state index in [0.717, 1.165) is 24.6 Å². The minimum atomic E-state index is 0.314. The van der Waals surface area contributed by atoms with E-state index in [4.69, 9.17) is 4.74 Å². The molecule has 20 heavy (non-hydrogen) atoms. The second-order valence-corrected chi connectivity index (χ2v) is 7.63. The SMILES string of the molecule is CCOC1CC(N2CC(C3CC3)NCC2CC)C1(C)C. The summed E-state index contributed by atoms with van der Waals surface area (Å²) in [7, 11) is 0. The van der Waals surface area contributed by atoms with Crippen LogP contribution in [0.4, 0.5) is 0 Å². The van der Waals surface area contributed by atoms with Gasteiger partial charge in [-0.3, -0.25) is 4.90 Å². The Bertz CT molecular complexity index is 340. The lowest BCUT2D eigenvalue weighted by Crippen LogP contribution is -2.69. The number of rotatable bonds is 5. The van der Waals surface area contributed by atoms with Gasteiger partial charge >= 0.3 is 0 Å². The van der Waals surface area contributed by atoms with Gasteiger partial charge in [0.25, 0.3) is 0 Å². The molecule has 0 spiro atoms. The highest BCUT2D eigenvalue weighted by molar-refractivity contribution is 5.07. The van der Waals surface area contributed by atoms with Gasteiger partial charge in [0.05, 0.1) is 6.10 Å². The van der Waals surface area contributed by atoms with E-state index in [-0.39, 0.29) is 0 Å². The monoisotopic (exact) mass is 280 g/mol. The van der Waals surface area contributed by atoms with E-state index in [1.165, 1.54) is 38.8 Å². The number of hydrogen-bond acceptors (Lipinski definition) is 3. The highest BCUT2D eigenvalue weighted by Crippen LogP contribution is 2.47. The minimum absolute atomic E-state index is 0.314. The highest BCUT2D eigenvalue weighted by atomic mass is 16.5. The lowest BCUT2D eigenvalue weighted by Gasteiger charge is -2.59. The van der Waals surface area contributed by atoms with Gasteiger partial charge in [-0.25, -0.2) is 0 Å². The zero-order chi connectivity index (χ0) is 14.3. The fourth-order valence-electron chi connectivity index (χ4n) is 4.33. The molecule has 0 amide bonds. The molecule has 2 aliphatic carbocycles. The van der Waals surface area contributed by atoms with Gasteiger partial charge in [-0.05, 0) is 38.5 Å². The van der Waals surface area contributed by atoms with Gasteiger partial charge in [0, 0.05) is 43.2 Å². The Hall–Kier alpha value is -0.120. The third-order valence-electron chi connectivity index (χ3n) is 6.05. The summed E-state index contributed by atoms with van der Waals surface area (Å²) in [5.74, 6) is 0.959. The molecule has 4 atom stereocenters. The summed E-state index contributed by atoms with van der Waals surface area (Å²) < 4.78 is 5.93. The Kier molecular flexibility index (Phi) is 4.13. The molecule has 2 saturated carbocycles. The smallest absolute Gasteiger partial charge is 0.0655 e. The first-order valence-corrected chi connectivity index (χ1v) is 8.68. The van der Waals surface area contributed by atoms with Crippen molar-refractivity contribution >= 4 is 0 Å². The molecule has 1 N–H and O–H groups in total. The maximum absolute atomic E-state index is 5.93. The molecule has 3 aliphatic rings. The van der Waals surface area contributed by atoms with Gasteiger partial charge in [0.15, 0.2) is 0 Å². The molecular weight excluding hydrogens is 248 g/mol. The zero-order valence-corrected chi connectivity index (χ0v) is 13.7. The molecule has 0 aromatic carbocycles. The fraction of sp³-hybridized carbons (Fsp3) is 1.00. The average Bonchev–Trinajstić information content (AvgIpc) is 3.27. The predicted molar refractivity (Wildman–Crippen MR) is 82.9 cm³/mol. The molecule has 116 valence electrons. The van der Waals surface area contributed by atoms with Crippen molar-refractivity contribution in [3.63, 3.8) is 0 Å². The van der Waals surface area contributed by atoms with Crippen LogP contribution in [-0.2, 0) is 4.74 Å². The van der Waals surface area contributed by atoms with Crippen molar-refractivity contribution in [1.29, 1.82) is 0 Å². The molecule has 0 bridgehead atoms. The summed E-state index contributed by atoms with van der Waals surface area (Å²) in [6, 6.07) is 2.18. The first-order chi connectivity index (χ1) is 9.57. The van der Waals surface area contributed by atoms with Gasteiger partial charge in [0.2, 0.25) is 0 Å². The molecule has 3 rings (SSSR count). The molecule has 1 aliphatic heterocycles. The molecule has 0 aromatic rings. The van der Waals surface area contributed by atoms with Crippen molar-refractivity contribution in [1.82, 2.24) is 10.2 Å². The van der Waals surface area contributed by atoms with Crippen LogP contribution in [0.3, 0.4) is 0 Å². The molecule has 0 radical (unpaired) electrons. The number of piperazine rings is 1. The molecule has 3 fully saturated rings. The summed E-state index contributed by atoms with van der Waals surface area (Å²) in [5.41, 5.74) is 0.314. The Morgan fingerprint density at radius 2 is 2.00 bits per heavy atom. The van der Waals surface area contributed by atoms with Gasteiger partial charge in [-0.1, -0.05) is 20.8 Å². The third-order valence-corrected chi connectivity index (χ3v) is 6.05. The van der Waals surface area contributed by atoms with Crippen molar-refractivity contribution in [2.45, 2.75) is 77.6 Å². The van der Waals surface area contributed by atoms with E-state index in [1.807, 2.05) is 0 Å². The maximum atomic E-state index is 5.93. The second kappa shape index (κ2) is 5.58. The van der Waals surface area contributed by atoms with E-state index in [9.17, 15) is 0 Å². The average molecular weight is 280 g/mol. The zero-order valence-electron chi connectivity index (χ0n) is 13.7. The Balaban J connectivity index is 1.66. The van der Waals surface area contributed by atoms with Crippen molar-refractivity contribution in [2.24, 2.45) is 11.3 Å². The minimum Gasteiger partial charge on any atom is -0.378 e. The van der Waals surface area contributed by atoms with Gasteiger partial charge in [-0.2, -0.15) is 0 Å². The highest BCUT2D eigenvalue weighted by Gasteiger charge is 2.53. The molecule has 3 nitrogen and oxygen atoms in total. The quantitative estimate of drug-likeness (QED) is 0.838. The van der Waals surface area contributed by atoms with Gasteiger partial charge in [-0.15, -0.1) is 0 Å². The van der Waals surface area contributed by atoms with Crippen LogP contribution in [0.15, 0.2) is 0 Å². The van der Waals surface area contributed by atoms with E-state index < -0.39 is 0 Å². The Labute approximate surface area is 124 Å². The summed E-state index contributed by atoms with van der Waals surface area (Å²) in [6.45, 7) is 12.6. The summed E-state index contributed by atoms with van der Waals surface area (Å²) in [5, 5.41) is 3.81. The van der Waals surface area contributed by atoms with Gasteiger partial charge < -0.3 is 10.1 Å². The normalized spacial score (nSPS) is 41.4. The number of nitrogens with one attached hydrogen (secondary N) is 1. The Morgan fingerprint density at radius 1 is 1.25 bits per heavy atom. The van der Waals surface area contributed by atoms with Crippen molar-refractivity contribution < 1.29 is 4.74 Å². The first-order valence-electron chi connectivity index (χ1n) is 8.68. The number of nitrogens with zero attached hydrogens (tertiary/aromatic N) is 1. The maximum Gasteiger partial charge on any atom is 0.0655 e. The largest absolute Gasteiger partial charge is 0.378 e. The van der Waals surface area contributed by atoms with Crippen molar-refractivity contribution in [2.75, 3.05) is 19.7 Å². The topological polar surface area (TPSA) is 24.5 Å². The number of hydrogen-bond donors (Lipinski definition) is 1. The van der Waals surface area contributed by atoms with E-state index in [0.29, 0.717) is 17.6 Å². The molecule has 1 saturated heterocycles. The summed E-state index contributed by atoms with van der Waals surface area (Å²) in [4.78, 5) is 2.83. The van der Waals surface area contributed by atoms with Crippen LogP contribution in [0.5, 0.6) is 0 Å². The van der Waals surface area contributed by atoms with Crippen LogP contribution in [0, 0.1) is 11.3 Å². The van der Waals surface area contributed by atoms with Crippen LogP contribution >= 0.6 is 0 Å². The second-order valence-electron chi connectivity index (χ2n) is 7.63. The first kappa shape index (κ1) is 14.8. The summed E-state index contributed by atoms with van der Waals surface area (Å²) >= 11 is 0. The van der Waals surface area contributed by atoms with Crippen LogP contribution in [0.25, 0.3) is 0 Å².